The summed E-state index contributed by atoms with van der Waals surface area (Å²) in [5.74, 6) is 0.478. The summed E-state index contributed by atoms with van der Waals surface area (Å²) in [6.07, 6.45) is 0. The van der Waals surface area contributed by atoms with Crippen molar-refractivity contribution in [1.82, 2.24) is 10.2 Å². The second-order valence-electron chi connectivity index (χ2n) is 7.48. The second kappa shape index (κ2) is 9.51. The van der Waals surface area contributed by atoms with Crippen molar-refractivity contribution in [2.75, 3.05) is 44.2 Å². The lowest BCUT2D eigenvalue weighted by atomic mass is 10.0. The normalized spacial score (nSPS) is 15.9. The Bertz CT molecular complexity index is 781. The first kappa shape index (κ1) is 20.1. The van der Waals surface area contributed by atoms with Crippen molar-refractivity contribution < 1.29 is 9.59 Å². The summed E-state index contributed by atoms with van der Waals surface area (Å²) in [5, 5.41) is 3.06. The van der Waals surface area contributed by atoms with Crippen LogP contribution < -0.4 is 10.2 Å². The standard InChI is InChI=1S/C23H29N3O2/c1-18(20-6-4-3-5-7-20)16-24-23(28)17-25-12-14-26(15-13-25)22-10-8-21(9-11-22)19(2)27/h3-11,18H,12-17H2,1-2H3,(H,24,28)/t18-/m0/s1. The molecule has 5 heteroatoms. The van der Waals surface area contributed by atoms with E-state index >= 15 is 0 Å². The van der Waals surface area contributed by atoms with Gasteiger partial charge in [-0.1, -0.05) is 37.3 Å². The lowest BCUT2D eigenvalue weighted by Gasteiger charge is -2.35. The summed E-state index contributed by atoms with van der Waals surface area (Å²) in [5.41, 5.74) is 3.11. The molecular formula is C23H29N3O2. The van der Waals surface area contributed by atoms with Gasteiger partial charge >= 0.3 is 0 Å². The van der Waals surface area contributed by atoms with Gasteiger partial charge in [0, 0.05) is 44.0 Å². The van der Waals surface area contributed by atoms with Crippen LogP contribution in [0.2, 0.25) is 0 Å². The molecule has 1 aliphatic heterocycles. The Hall–Kier alpha value is -2.66. The summed E-state index contributed by atoms with van der Waals surface area (Å²) >= 11 is 0. The molecule has 0 aliphatic carbocycles. The van der Waals surface area contributed by atoms with Crippen LogP contribution >= 0.6 is 0 Å². The molecule has 2 aromatic carbocycles. The molecule has 5 nitrogen and oxygen atoms in total. The minimum atomic E-state index is 0.0852. The monoisotopic (exact) mass is 379 g/mol. The Balaban J connectivity index is 1.41. The number of ketones is 1. The topological polar surface area (TPSA) is 52.7 Å². The summed E-state index contributed by atoms with van der Waals surface area (Å²) in [6.45, 7) is 8.29. The number of hydrogen-bond donors (Lipinski definition) is 1. The van der Waals surface area contributed by atoms with Gasteiger partial charge in [-0.2, -0.15) is 0 Å². The quantitative estimate of drug-likeness (QED) is 0.752. The highest BCUT2D eigenvalue weighted by molar-refractivity contribution is 5.94. The summed E-state index contributed by atoms with van der Waals surface area (Å²) in [4.78, 5) is 28.2. The van der Waals surface area contributed by atoms with Crippen molar-refractivity contribution in [3.8, 4) is 0 Å². The highest BCUT2D eigenvalue weighted by Crippen LogP contribution is 2.18. The Morgan fingerprint density at radius 3 is 2.21 bits per heavy atom. The zero-order valence-corrected chi connectivity index (χ0v) is 16.7. The molecule has 148 valence electrons. The summed E-state index contributed by atoms with van der Waals surface area (Å²) in [6, 6.07) is 18.0. The first-order chi connectivity index (χ1) is 13.5. The van der Waals surface area contributed by atoms with E-state index in [1.54, 1.807) is 6.92 Å². The number of carbonyl (C=O) groups is 2. The Morgan fingerprint density at radius 2 is 1.61 bits per heavy atom. The average Bonchev–Trinajstić information content (AvgIpc) is 2.73. The molecule has 1 amide bonds. The molecule has 1 aliphatic rings. The Labute approximate surface area is 167 Å². The lowest BCUT2D eigenvalue weighted by Crippen LogP contribution is -2.49. The number of hydrogen-bond acceptors (Lipinski definition) is 4. The first-order valence-corrected chi connectivity index (χ1v) is 9.93. The van der Waals surface area contributed by atoms with Crippen LogP contribution in [0.3, 0.4) is 0 Å². The molecule has 0 aromatic heterocycles. The summed E-state index contributed by atoms with van der Waals surface area (Å²) < 4.78 is 0. The Kier molecular flexibility index (Phi) is 6.82. The smallest absolute Gasteiger partial charge is 0.234 e. The minimum Gasteiger partial charge on any atom is -0.369 e. The molecule has 1 fully saturated rings. The fraction of sp³-hybridized carbons (Fsp3) is 0.391. The predicted octanol–water partition coefficient (Wildman–Crippen LogP) is 2.93. The van der Waals surface area contributed by atoms with Gasteiger partial charge in [0.1, 0.15) is 0 Å². The highest BCUT2D eigenvalue weighted by atomic mass is 16.2. The van der Waals surface area contributed by atoms with E-state index in [0.717, 1.165) is 37.4 Å². The molecule has 0 spiro atoms. The summed E-state index contributed by atoms with van der Waals surface area (Å²) in [7, 11) is 0. The Morgan fingerprint density at radius 1 is 0.964 bits per heavy atom. The number of amides is 1. The molecule has 0 unspecified atom stereocenters. The van der Waals surface area contributed by atoms with Gasteiger partial charge in [0.15, 0.2) is 5.78 Å². The molecule has 2 aromatic rings. The molecule has 3 rings (SSSR count). The van der Waals surface area contributed by atoms with Crippen LogP contribution in [0.15, 0.2) is 54.6 Å². The van der Waals surface area contributed by atoms with E-state index in [1.807, 2.05) is 42.5 Å². The van der Waals surface area contributed by atoms with E-state index in [2.05, 4.69) is 34.2 Å². The lowest BCUT2D eigenvalue weighted by molar-refractivity contribution is -0.122. The number of nitrogens with zero attached hydrogens (tertiary/aromatic N) is 2. The first-order valence-electron chi connectivity index (χ1n) is 9.93. The molecule has 0 bridgehead atoms. The molecule has 0 saturated carbocycles. The third kappa shape index (κ3) is 5.42. The zero-order valence-electron chi connectivity index (χ0n) is 16.7. The van der Waals surface area contributed by atoms with Gasteiger partial charge in [0.05, 0.1) is 6.54 Å². The average molecular weight is 380 g/mol. The number of benzene rings is 2. The van der Waals surface area contributed by atoms with Gasteiger partial charge < -0.3 is 10.2 Å². The van der Waals surface area contributed by atoms with Crippen LogP contribution in [0.25, 0.3) is 0 Å². The SMILES string of the molecule is CC(=O)c1ccc(N2CCN(CC(=O)NC[C@H](C)c3ccccc3)CC2)cc1. The van der Waals surface area contributed by atoms with Gasteiger partial charge in [-0.05, 0) is 42.7 Å². The minimum absolute atomic E-state index is 0.0852. The van der Waals surface area contributed by atoms with E-state index in [9.17, 15) is 9.59 Å². The number of anilines is 1. The van der Waals surface area contributed by atoms with Gasteiger partial charge in [-0.15, -0.1) is 0 Å². The third-order valence-corrected chi connectivity index (χ3v) is 5.35. The van der Waals surface area contributed by atoms with Crippen molar-refractivity contribution in [3.05, 3.63) is 65.7 Å². The van der Waals surface area contributed by atoms with Gasteiger partial charge in [0.2, 0.25) is 5.91 Å². The van der Waals surface area contributed by atoms with Crippen LogP contribution in [-0.2, 0) is 4.79 Å². The number of nitrogens with one attached hydrogen (secondary N) is 1. The third-order valence-electron chi connectivity index (χ3n) is 5.35. The van der Waals surface area contributed by atoms with E-state index in [4.69, 9.17) is 0 Å². The van der Waals surface area contributed by atoms with Crippen molar-refractivity contribution in [2.45, 2.75) is 19.8 Å². The number of Topliss-reactive ketones (excluding diaryl/α,β-unsaturated/α-hetero) is 1. The molecule has 1 N–H and O–H groups in total. The second-order valence-corrected chi connectivity index (χ2v) is 7.48. The van der Waals surface area contributed by atoms with E-state index in [0.29, 0.717) is 19.0 Å². The molecule has 1 atom stereocenters. The van der Waals surface area contributed by atoms with Gasteiger partial charge in [0.25, 0.3) is 0 Å². The van der Waals surface area contributed by atoms with Crippen LogP contribution in [0.4, 0.5) is 5.69 Å². The largest absolute Gasteiger partial charge is 0.369 e. The van der Waals surface area contributed by atoms with E-state index in [1.165, 1.54) is 5.56 Å². The van der Waals surface area contributed by atoms with Crippen LogP contribution in [0.5, 0.6) is 0 Å². The van der Waals surface area contributed by atoms with Crippen LogP contribution in [0.1, 0.15) is 35.7 Å². The van der Waals surface area contributed by atoms with Gasteiger partial charge in [-0.3, -0.25) is 14.5 Å². The maximum absolute atomic E-state index is 12.3. The van der Waals surface area contributed by atoms with Crippen molar-refractivity contribution in [2.24, 2.45) is 0 Å². The fourth-order valence-corrected chi connectivity index (χ4v) is 3.50. The molecule has 0 radical (unpaired) electrons. The van der Waals surface area contributed by atoms with Crippen molar-refractivity contribution in [1.29, 1.82) is 0 Å². The molecule has 1 heterocycles. The van der Waals surface area contributed by atoms with Crippen LogP contribution in [0, 0.1) is 0 Å². The molecule has 28 heavy (non-hydrogen) atoms. The maximum atomic E-state index is 12.3. The molecule has 1 saturated heterocycles. The van der Waals surface area contributed by atoms with Crippen molar-refractivity contribution in [3.63, 3.8) is 0 Å². The highest BCUT2D eigenvalue weighted by Gasteiger charge is 2.19. The maximum Gasteiger partial charge on any atom is 0.234 e. The molecular weight excluding hydrogens is 350 g/mol. The van der Waals surface area contributed by atoms with E-state index < -0.39 is 0 Å². The number of piperazine rings is 1. The van der Waals surface area contributed by atoms with Gasteiger partial charge in [-0.25, -0.2) is 0 Å². The van der Waals surface area contributed by atoms with Crippen molar-refractivity contribution >= 4 is 17.4 Å². The number of carbonyl (C=O) groups excluding carboxylic acids is 2. The van der Waals surface area contributed by atoms with Crippen LogP contribution in [-0.4, -0.2) is 55.9 Å². The fourth-order valence-electron chi connectivity index (χ4n) is 3.50. The van der Waals surface area contributed by atoms with E-state index in [-0.39, 0.29) is 11.7 Å². The predicted molar refractivity (Wildman–Crippen MR) is 113 cm³/mol. The zero-order chi connectivity index (χ0) is 19.9. The number of rotatable bonds is 7.